The number of aromatic nitrogens is 1. The summed E-state index contributed by atoms with van der Waals surface area (Å²) < 4.78 is 28.4. The van der Waals surface area contributed by atoms with Gasteiger partial charge in [0.1, 0.15) is 15.6 Å². The van der Waals surface area contributed by atoms with Gasteiger partial charge in [-0.3, -0.25) is 0 Å². The Labute approximate surface area is 108 Å². The molecular weight excluding hydrogens is 252 g/mol. The van der Waals surface area contributed by atoms with Crippen LogP contribution in [-0.4, -0.2) is 38.5 Å². The Balaban J connectivity index is 1.90. The van der Waals surface area contributed by atoms with Crippen LogP contribution in [0.4, 0.5) is 0 Å². The third-order valence-corrected chi connectivity index (χ3v) is 5.04. The standard InChI is InChI=1S/C12H20N2O3S/c1-13-6-2-3-11-9-14-12(17-11)10-4-7-18(15,16)8-5-10/h9-10,13H,2-8H2,1H3. The Morgan fingerprint density at radius 2 is 2.17 bits per heavy atom. The first-order valence-electron chi connectivity index (χ1n) is 6.40. The zero-order chi connectivity index (χ0) is 13.0. The molecule has 1 saturated heterocycles. The van der Waals surface area contributed by atoms with Crippen LogP contribution >= 0.6 is 0 Å². The van der Waals surface area contributed by atoms with Crippen LogP contribution < -0.4 is 5.32 Å². The van der Waals surface area contributed by atoms with Crippen molar-refractivity contribution in [3.8, 4) is 0 Å². The van der Waals surface area contributed by atoms with Crippen LogP contribution in [0.25, 0.3) is 0 Å². The highest BCUT2D eigenvalue weighted by Gasteiger charge is 2.27. The molecule has 0 amide bonds. The Morgan fingerprint density at radius 3 is 2.83 bits per heavy atom. The molecule has 0 atom stereocenters. The summed E-state index contributed by atoms with van der Waals surface area (Å²) in [6, 6.07) is 0. The first kappa shape index (κ1) is 13.5. The fourth-order valence-corrected chi connectivity index (χ4v) is 3.69. The van der Waals surface area contributed by atoms with Crippen molar-refractivity contribution < 1.29 is 12.8 Å². The van der Waals surface area contributed by atoms with Crippen LogP contribution in [-0.2, 0) is 16.3 Å². The molecule has 1 aromatic heterocycles. The molecule has 102 valence electrons. The van der Waals surface area contributed by atoms with Crippen molar-refractivity contribution in [3.05, 3.63) is 17.8 Å². The predicted molar refractivity (Wildman–Crippen MR) is 69.4 cm³/mol. The normalized spacial score (nSPS) is 20.1. The van der Waals surface area contributed by atoms with E-state index in [1.807, 2.05) is 7.05 Å². The third kappa shape index (κ3) is 3.55. The minimum Gasteiger partial charge on any atom is -0.445 e. The molecule has 0 saturated carbocycles. The zero-order valence-electron chi connectivity index (χ0n) is 10.7. The Bertz CT molecular complexity index is 467. The van der Waals surface area contributed by atoms with Gasteiger partial charge in [0, 0.05) is 12.3 Å². The lowest BCUT2D eigenvalue weighted by Gasteiger charge is -2.18. The number of hydrogen-bond donors (Lipinski definition) is 1. The zero-order valence-corrected chi connectivity index (χ0v) is 11.5. The molecule has 0 spiro atoms. The highest BCUT2D eigenvalue weighted by Crippen LogP contribution is 2.28. The van der Waals surface area contributed by atoms with Gasteiger partial charge in [-0.05, 0) is 32.9 Å². The number of oxazole rings is 1. The lowest BCUT2D eigenvalue weighted by Crippen LogP contribution is -2.22. The molecule has 0 radical (unpaired) electrons. The van der Waals surface area contributed by atoms with E-state index in [9.17, 15) is 8.42 Å². The van der Waals surface area contributed by atoms with Gasteiger partial charge < -0.3 is 9.73 Å². The summed E-state index contributed by atoms with van der Waals surface area (Å²) in [6.07, 6.45) is 4.94. The third-order valence-electron chi connectivity index (χ3n) is 3.33. The lowest BCUT2D eigenvalue weighted by atomic mass is 10.0. The molecule has 0 unspecified atom stereocenters. The highest BCUT2D eigenvalue weighted by atomic mass is 32.2. The van der Waals surface area contributed by atoms with Crippen LogP contribution in [0.2, 0.25) is 0 Å². The van der Waals surface area contributed by atoms with Gasteiger partial charge in [0.2, 0.25) is 0 Å². The molecule has 2 heterocycles. The van der Waals surface area contributed by atoms with Gasteiger partial charge in [0.05, 0.1) is 17.7 Å². The van der Waals surface area contributed by atoms with Crippen molar-refractivity contribution in [3.63, 3.8) is 0 Å². The van der Waals surface area contributed by atoms with E-state index in [-0.39, 0.29) is 17.4 Å². The summed E-state index contributed by atoms with van der Waals surface area (Å²) in [7, 11) is -0.887. The molecule has 6 heteroatoms. The van der Waals surface area contributed by atoms with E-state index in [2.05, 4.69) is 10.3 Å². The van der Waals surface area contributed by atoms with E-state index in [0.29, 0.717) is 18.7 Å². The molecule has 1 fully saturated rings. The number of nitrogens with zero attached hydrogens (tertiary/aromatic N) is 1. The molecule has 1 aliphatic heterocycles. The average Bonchev–Trinajstić information content (AvgIpc) is 2.78. The summed E-state index contributed by atoms with van der Waals surface area (Å²) in [6.45, 7) is 0.956. The molecule has 2 rings (SSSR count). The Morgan fingerprint density at radius 1 is 1.44 bits per heavy atom. The van der Waals surface area contributed by atoms with E-state index in [4.69, 9.17) is 4.42 Å². The summed E-state index contributed by atoms with van der Waals surface area (Å²) in [5.41, 5.74) is 0. The monoisotopic (exact) mass is 272 g/mol. The van der Waals surface area contributed by atoms with E-state index in [1.165, 1.54) is 0 Å². The molecule has 0 aromatic carbocycles. The van der Waals surface area contributed by atoms with Crippen molar-refractivity contribution in [2.24, 2.45) is 0 Å². The number of hydrogen-bond acceptors (Lipinski definition) is 5. The van der Waals surface area contributed by atoms with Gasteiger partial charge in [0.25, 0.3) is 0 Å². The SMILES string of the molecule is CNCCCc1cnc(C2CCS(=O)(=O)CC2)o1. The minimum absolute atomic E-state index is 0.173. The largest absolute Gasteiger partial charge is 0.445 e. The van der Waals surface area contributed by atoms with Gasteiger partial charge in [-0.15, -0.1) is 0 Å². The van der Waals surface area contributed by atoms with Crippen molar-refractivity contribution in [2.75, 3.05) is 25.1 Å². The molecule has 0 aliphatic carbocycles. The van der Waals surface area contributed by atoms with Gasteiger partial charge in [-0.2, -0.15) is 0 Å². The van der Waals surface area contributed by atoms with Crippen molar-refractivity contribution in [1.82, 2.24) is 10.3 Å². The number of aryl methyl sites for hydroxylation is 1. The quantitative estimate of drug-likeness (QED) is 0.813. The lowest BCUT2D eigenvalue weighted by molar-refractivity contribution is 0.398. The molecule has 0 bridgehead atoms. The van der Waals surface area contributed by atoms with Gasteiger partial charge in [-0.1, -0.05) is 0 Å². The topological polar surface area (TPSA) is 72.2 Å². The molecular formula is C12H20N2O3S. The van der Waals surface area contributed by atoms with E-state index < -0.39 is 9.84 Å². The number of nitrogens with one attached hydrogen (secondary N) is 1. The first-order valence-corrected chi connectivity index (χ1v) is 8.22. The summed E-state index contributed by atoms with van der Waals surface area (Å²) in [4.78, 5) is 4.28. The van der Waals surface area contributed by atoms with Crippen LogP contribution in [0.1, 0.15) is 36.8 Å². The van der Waals surface area contributed by atoms with E-state index >= 15 is 0 Å². The maximum atomic E-state index is 11.3. The van der Waals surface area contributed by atoms with Crippen LogP contribution in [0.15, 0.2) is 10.6 Å². The fourth-order valence-electron chi connectivity index (χ4n) is 2.20. The second-order valence-corrected chi connectivity index (χ2v) is 7.10. The van der Waals surface area contributed by atoms with Gasteiger partial charge in [-0.25, -0.2) is 13.4 Å². The number of sulfone groups is 1. The maximum absolute atomic E-state index is 11.3. The van der Waals surface area contributed by atoms with Crippen LogP contribution in [0.3, 0.4) is 0 Å². The van der Waals surface area contributed by atoms with E-state index in [1.54, 1.807) is 6.20 Å². The first-order chi connectivity index (χ1) is 8.61. The van der Waals surface area contributed by atoms with E-state index in [0.717, 1.165) is 25.1 Å². The van der Waals surface area contributed by atoms with Crippen molar-refractivity contribution in [2.45, 2.75) is 31.6 Å². The predicted octanol–water partition coefficient (Wildman–Crippen LogP) is 1.12. The van der Waals surface area contributed by atoms with Crippen LogP contribution in [0.5, 0.6) is 0 Å². The molecule has 1 N–H and O–H groups in total. The fraction of sp³-hybridized carbons (Fsp3) is 0.750. The smallest absolute Gasteiger partial charge is 0.197 e. The average molecular weight is 272 g/mol. The maximum Gasteiger partial charge on any atom is 0.197 e. The summed E-state index contributed by atoms with van der Waals surface area (Å²) in [5, 5.41) is 3.09. The molecule has 1 aromatic rings. The Kier molecular flexibility index (Phi) is 4.40. The Hall–Kier alpha value is -0.880. The molecule has 18 heavy (non-hydrogen) atoms. The molecule has 5 nitrogen and oxygen atoms in total. The van der Waals surface area contributed by atoms with Crippen LogP contribution in [0, 0.1) is 0 Å². The van der Waals surface area contributed by atoms with Crippen molar-refractivity contribution >= 4 is 9.84 Å². The second kappa shape index (κ2) is 5.84. The molecule has 1 aliphatic rings. The van der Waals surface area contributed by atoms with Gasteiger partial charge in [0.15, 0.2) is 5.89 Å². The highest BCUT2D eigenvalue weighted by molar-refractivity contribution is 7.91. The van der Waals surface area contributed by atoms with Gasteiger partial charge >= 0.3 is 0 Å². The van der Waals surface area contributed by atoms with Crippen molar-refractivity contribution in [1.29, 1.82) is 0 Å². The second-order valence-electron chi connectivity index (χ2n) is 4.80. The minimum atomic E-state index is -2.81. The number of rotatable bonds is 5. The summed E-state index contributed by atoms with van der Waals surface area (Å²) in [5.74, 6) is 2.30. The summed E-state index contributed by atoms with van der Waals surface area (Å²) >= 11 is 0.